The maximum atomic E-state index is 13.6. The van der Waals surface area contributed by atoms with E-state index < -0.39 is 0 Å². The lowest BCUT2D eigenvalue weighted by Gasteiger charge is -2.31. The van der Waals surface area contributed by atoms with E-state index in [2.05, 4.69) is 50.4 Å². The minimum absolute atomic E-state index is 0.0665. The van der Waals surface area contributed by atoms with Crippen LogP contribution < -0.4 is 5.32 Å². The van der Waals surface area contributed by atoms with Crippen LogP contribution in [0.5, 0.6) is 0 Å². The molecule has 1 fully saturated rings. The Balaban J connectivity index is 1.39. The summed E-state index contributed by atoms with van der Waals surface area (Å²) in [5.41, 5.74) is 1.94. The zero-order chi connectivity index (χ0) is 18.4. The van der Waals surface area contributed by atoms with Crippen LogP contribution in [-0.2, 0) is 17.8 Å². The second-order valence-corrected chi connectivity index (χ2v) is 7.73. The zero-order valence-corrected chi connectivity index (χ0v) is 16.3. The van der Waals surface area contributed by atoms with Crippen molar-refractivity contribution in [3.63, 3.8) is 0 Å². The number of halogens is 2. The van der Waals surface area contributed by atoms with Crippen molar-refractivity contribution in [3.05, 3.63) is 69.9 Å². The minimum atomic E-state index is -0.206. The Kier molecular flexibility index (Phi) is 6.80. The topological polar surface area (TPSA) is 32.3 Å². The fourth-order valence-corrected chi connectivity index (χ4v) is 3.63. The van der Waals surface area contributed by atoms with E-state index in [1.807, 2.05) is 6.07 Å². The van der Waals surface area contributed by atoms with Crippen molar-refractivity contribution < 1.29 is 9.18 Å². The number of hydrogen-bond donors (Lipinski definition) is 1. The molecule has 5 heteroatoms. The number of likely N-dealkylation sites (tertiary alicyclic amines) is 1. The molecule has 0 aromatic heterocycles. The van der Waals surface area contributed by atoms with Gasteiger partial charge in [0, 0.05) is 23.5 Å². The van der Waals surface area contributed by atoms with Gasteiger partial charge in [0.25, 0.3) is 0 Å². The number of carbonyl (C=O) groups excluding carboxylic acids is 1. The van der Waals surface area contributed by atoms with Gasteiger partial charge >= 0.3 is 0 Å². The number of piperidine rings is 1. The van der Waals surface area contributed by atoms with Crippen LogP contribution in [0.15, 0.2) is 53.0 Å². The number of rotatable bonds is 6. The van der Waals surface area contributed by atoms with Gasteiger partial charge in [-0.05, 0) is 61.7 Å². The van der Waals surface area contributed by atoms with Gasteiger partial charge in [-0.15, -0.1) is 0 Å². The normalized spacial score (nSPS) is 15.8. The van der Waals surface area contributed by atoms with E-state index in [4.69, 9.17) is 0 Å². The highest BCUT2D eigenvalue weighted by molar-refractivity contribution is 9.10. The second-order valence-electron chi connectivity index (χ2n) is 6.81. The summed E-state index contributed by atoms with van der Waals surface area (Å²) in [7, 11) is 0. The molecule has 2 aromatic carbocycles. The number of hydrogen-bond acceptors (Lipinski definition) is 2. The molecule has 1 aliphatic heterocycles. The molecule has 0 aliphatic carbocycles. The van der Waals surface area contributed by atoms with Crippen LogP contribution in [0.3, 0.4) is 0 Å². The first-order chi connectivity index (χ1) is 12.6. The van der Waals surface area contributed by atoms with Crippen molar-refractivity contribution in [2.24, 2.45) is 5.92 Å². The molecule has 2 aromatic rings. The van der Waals surface area contributed by atoms with Crippen LogP contribution in [0.4, 0.5) is 4.39 Å². The molecule has 3 rings (SSSR count). The summed E-state index contributed by atoms with van der Waals surface area (Å²) in [5, 5.41) is 2.97. The second kappa shape index (κ2) is 9.28. The SMILES string of the molecule is O=C(NCCc1ccccc1F)C1CCN(Cc2ccc(Br)cc2)CC1. The van der Waals surface area contributed by atoms with E-state index >= 15 is 0 Å². The molecule has 1 heterocycles. The predicted octanol–water partition coefficient (Wildman–Crippen LogP) is 4.16. The van der Waals surface area contributed by atoms with Crippen LogP contribution in [0.1, 0.15) is 24.0 Å². The molecule has 0 saturated carbocycles. The van der Waals surface area contributed by atoms with Crippen molar-refractivity contribution in [2.75, 3.05) is 19.6 Å². The molecule has 1 aliphatic rings. The summed E-state index contributed by atoms with van der Waals surface area (Å²) in [6.07, 6.45) is 2.28. The monoisotopic (exact) mass is 418 g/mol. The lowest BCUT2D eigenvalue weighted by atomic mass is 9.95. The Labute approximate surface area is 162 Å². The van der Waals surface area contributed by atoms with Gasteiger partial charge in [-0.25, -0.2) is 4.39 Å². The average Bonchev–Trinajstić information content (AvgIpc) is 2.66. The quantitative estimate of drug-likeness (QED) is 0.763. The van der Waals surface area contributed by atoms with E-state index in [9.17, 15) is 9.18 Å². The summed E-state index contributed by atoms with van der Waals surface area (Å²) in [4.78, 5) is 14.7. The number of nitrogens with zero attached hydrogens (tertiary/aromatic N) is 1. The van der Waals surface area contributed by atoms with Crippen LogP contribution >= 0.6 is 15.9 Å². The Morgan fingerprint density at radius 1 is 1.12 bits per heavy atom. The third kappa shape index (κ3) is 5.39. The Bertz CT molecular complexity index is 727. The fourth-order valence-electron chi connectivity index (χ4n) is 3.37. The first-order valence-corrected chi connectivity index (χ1v) is 9.89. The van der Waals surface area contributed by atoms with E-state index in [-0.39, 0.29) is 17.6 Å². The lowest BCUT2D eigenvalue weighted by molar-refractivity contribution is -0.126. The standard InChI is InChI=1S/C21H24BrFN2O/c22-19-7-5-16(6-8-19)15-25-13-10-18(11-14-25)21(26)24-12-9-17-3-1-2-4-20(17)23/h1-8,18H,9-15H2,(H,24,26). The average molecular weight is 419 g/mol. The molecule has 0 bridgehead atoms. The Morgan fingerprint density at radius 3 is 2.50 bits per heavy atom. The van der Waals surface area contributed by atoms with Gasteiger partial charge in [0.1, 0.15) is 5.82 Å². The van der Waals surface area contributed by atoms with Crippen molar-refractivity contribution >= 4 is 21.8 Å². The molecule has 26 heavy (non-hydrogen) atoms. The predicted molar refractivity (Wildman–Crippen MR) is 105 cm³/mol. The molecule has 138 valence electrons. The lowest BCUT2D eigenvalue weighted by Crippen LogP contribution is -2.40. The van der Waals surface area contributed by atoms with Crippen molar-refractivity contribution in [1.29, 1.82) is 0 Å². The zero-order valence-electron chi connectivity index (χ0n) is 14.8. The van der Waals surface area contributed by atoms with Gasteiger partial charge in [0.05, 0.1) is 0 Å². The van der Waals surface area contributed by atoms with Gasteiger partial charge in [-0.3, -0.25) is 9.69 Å². The largest absolute Gasteiger partial charge is 0.356 e. The van der Waals surface area contributed by atoms with Crippen molar-refractivity contribution in [2.45, 2.75) is 25.8 Å². The van der Waals surface area contributed by atoms with Gasteiger partial charge in [0.2, 0.25) is 5.91 Å². The molecule has 3 nitrogen and oxygen atoms in total. The summed E-state index contributed by atoms with van der Waals surface area (Å²) in [5.74, 6) is -0.0376. The molecule has 0 atom stereocenters. The van der Waals surface area contributed by atoms with E-state index in [0.717, 1.165) is 36.9 Å². The summed E-state index contributed by atoms with van der Waals surface area (Å²) >= 11 is 3.45. The van der Waals surface area contributed by atoms with E-state index in [0.29, 0.717) is 18.5 Å². The van der Waals surface area contributed by atoms with Gasteiger partial charge < -0.3 is 5.32 Å². The van der Waals surface area contributed by atoms with Crippen LogP contribution in [-0.4, -0.2) is 30.4 Å². The summed E-state index contributed by atoms with van der Waals surface area (Å²) in [6.45, 7) is 3.27. The molecular weight excluding hydrogens is 395 g/mol. The van der Waals surface area contributed by atoms with Gasteiger partial charge in [-0.2, -0.15) is 0 Å². The Hall–Kier alpha value is -1.72. The molecule has 0 radical (unpaired) electrons. The highest BCUT2D eigenvalue weighted by atomic mass is 79.9. The smallest absolute Gasteiger partial charge is 0.223 e. The van der Waals surface area contributed by atoms with Crippen LogP contribution in [0.2, 0.25) is 0 Å². The molecule has 1 N–H and O–H groups in total. The summed E-state index contributed by atoms with van der Waals surface area (Å²) < 4.78 is 14.7. The Morgan fingerprint density at radius 2 is 1.81 bits per heavy atom. The fraction of sp³-hybridized carbons (Fsp3) is 0.381. The molecule has 1 saturated heterocycles. The molecule has 0 spiro atoms. The van der Waals surface area contributed by atoms with E-state index in [1.165, 1.54) is 11.6 Å². The van der Waals surface area contributed by atoms with Gasteiger partial charge in [0.15, 0.2) is 0 Å². The molecule has 1 amide bonds. The molecular formula is C21H24BrFN2O. The maximum absolute atomic E-state index is 13.6. The van der Waals surface area contributed by atoms with E-state index in [1.54, 1.807) is 12.1 Å². The number of amides is 1. The summed E-state index contributed by atoms with van der Waals surface area (Å²) in [6, 6.07) is 15.1. The van der Waals surface area contributed by atoms with Crippen molar-refractivity contribution in [1.82, 2.24) is 10.2 Å². The van der Waals surface area contributed by atoms with Crippen LogP contribution in [0.25, 0.3) is 0 Å². The minimum Gasteiger partial charge on any atom is -0.356 e. The highest BCUT2D eigenvalue weighted by Gasteiger charge is 2.24. The van der Waals surface area contributed by atoms with Crippen molar-refractivity contribution in [3.8, 4) is 0 Å². The maximum Gasteiger partial charge on any atom is 0.223 e. The third-order valence-corrected chi connectivity index (χ3v) is 5.46. The van der Waals surface area contributed by atoms with Gasteiger partial charge in [-0.1, -0.05) is 46.3 Å². The third-order valence-electron chi connectivity index (χ3n) is 4.93. The number of carbonyl (C=O) groups is 1. The first-order valence-electron chi connectivity index (χ1n) is 9.10. The highest BCUT2D eigenvalue weighted by Crippen LogP contribution is 2.20. The number of benzene rings is 2. The first kappa shape index (κ1) is 19.1. The van der Waals surface area contributed by atoms with Crippen LogP contribution in [0, 0.1) is 11.7 Å². The number of nitrogens with one attached hydrogen (secondary N) is 1. The molecule has 0 unspecified atom stereocenters.